The van der Waals surface area contributed by atoms with Gasteiger partial charge in [-0.15, -0.1) is 0 Å². The van der Waals surface area contributed by atoms with Crippen LogP contribution in [0.2, 0.25) is 0 Å². The van der Waals surface area contributed by atoms with Gasteiger partial charge in [-0.25, -0.2) is 0 Å². The number of hydrogen-bond donors (Lipinski definition) is 0. The van der Waals surface area contributed by atoms with Crippen LogP contribution >= 0.6 is 0 Å². The molecule has 0 bridgehead atoms. The van der Waals surface area contributed by atoms with Crippen molar-refractivity contribution in [2.45, 2.75) is 219 Å². The molecule has 0 aliphatic heterocycles. The van der Waals surface area contributed by atoms with E-state index in [1.165, 1.54) is 51.4 Å². The molecule has 0 N–H and O–H groups in total. The van der Waals surface area contributed by atoms with Gasteiger partial charge in [0, 0.05) is 19.3 Å². The standard InChI is InChI=1S/C57H92O6/c1-4-7-10-13-16-19-22-25-27-28-29-30-33-35-38-41-44-47-50-56(59)62-53-54(52-61-55(58)49-46-43-40-37-34-31-24-21-18-15-12-9-6-3)63-57(60)51-48-45-42-39-36-32-26-23-20-17-14-11-8-5-2/h9-10,12-13,15-16,18-19,21-22,24-25,27-30,32,36,54H,4-8,11,14,17,20,23,26,31,33-35,37-53H2,1-3H3/b12-9-,13-10-,18-15-,19-16-,24-21-,25-22-,28-27-,30-29-,36-32-. The van der Waals surface area contributed by atoms with Crippen LogP contribution in [-0.4, -0.2) is 37.2 Å². The number of hydrogen-bond acceptors (Lipinski definition) is 6. The smallest absolute Gasteiger partial charge is 0.306 e. The van der Waals surface area contributed by atoms with Gasteiger partial charge >= 0.3 is 17.9 Å². The van der Waals surface area contributed by atoms with E-state index in [0.717, 1.165) is 122 Å². The Labute approximate surface area is 387 Å². The number of ether oxygens (including phenoxy) is 3. The topological polar surface area (TPSA) is 78.9 Å². The predicted octanol–water partition coefficient (Wildman–Crippen LogP) is 16.8. The summed E-state index contributed by atoms with van der Waals surface area (Å²) in [6, 6.07) is 0. The van der Waals surface area contributed by atoms with Crippen LogP contribution in [-0.2, 0) is 28.6 Å². The summed E-state index contributed by atoms with van der Waals surface area (Å²) in [7, 11) is 0. The van der Waals surface area contributed by atoms with Gasteiger partial charge in [0.1, 0.15) is 13.2 Å². The van der Waals surface area contributed by atoms with Gasteiger partial charge < -0.3 is 14.2 Å². The van der Waals surface area contributed by atoms with Crippen molar-refractivity contribution in [3.05, 3.63) is 109 Å². The second-order valence-corrected chi connectivity index (χ2v) is 16.5. The Kier molecular flexibility index (Phi) is 47.5. The van der Waals surface area contributed by atoms with Crippen LogP contribution in [0.25, 0.3) is 0 Å². The maximum Gasteiger partial charge on any atom is 0.306 e. The minimum atomic E-state index is -0.806. The molecule has 1 atom stereocenters. The monoisotopic (exact) mass is 873 g/mol. The molecule has 0 aliphatic rings. The van der Waals surface area contributed by atoms with Gasteiger partial charge in [0.05, 0.1) is 0 Å². The van der Waals surface area contributed by atoms with Gasteiger partial charge in [0.2, 0.25) is 0 Å². The molecular weight excluding hydrogens is 781 g/mol. The maximum atomic E-state index is 12.8. The van der Waals surface area contributed by atoms with Gasteiger partial charge in [0.15, 0.2) is 6.10 Å². The molecule has 0 aromatic carbocycles. The van der Waals surface area contributed by atoms with E-state index in [-0.39, 0.29) is 31.1 Å². The third kappa shape index (κ3) is 49.0. The van der Waals surface area contributed by atoms with Gasteiger partial charge in [-0.3, -0.25) is 14.4 Å². The highest BCUT2D eigenvalue weighted by atomic mass is 16.6. The summed E-state index contributed by atoms with van der Waals surface area (Å²) >= 11 is 0. The van der Waals surface area contributed by atoms with Crippen molar-refractivity contribution in [2.24, 2.45) is 0 Å². The number of allylic oxidation sites excluding steroid dienone is 18. The van der Waals surface area contributed by atoms with Crippen molar-refractivity contribution < 1.29 is 28.6 Å². The molecule has 0 aromatic rings. The van der Waals surface area contributed by atoms with E-state index in [0.29, 0.717) is 19.3 Å². The summed E-state index contributed by atoms with van der Waals surface area (Å²) in [6.07, 6.45) is 67.8. The van der Waals surface area contributed by atoms with Crippen molar-refractivity contribution in [2.75, 3.05) is 13.2 Å². The fraction of sp³-hybridized carbons (Fsp3) is 0.632. The van der Waals surface area contributed by atoms with E-state index in [1.807, 2.05) is 30.4 Å². The minimum absolute atomic E-state index is 0.105. The first-order chi connectivity index (χ1) is 31.0. The SMILES string of the molecule is CC\C=C/C=C\C=C/CCCCCCCC(=O)OCC(COC(=O)CCCCCCC\C=C/C=C\C=C/C=C\C=C/CCC)OC(=O)CCCCC/C=C\CCCCCCCCC. The van der Waals surface area contributed by atoms with Crippen molar-refractivity contribution in [3.63, 3.8) is 0 Å². The van der Waals surface area contributed by atoms with Crippen molar-refractivity contribution in [1.29, 1.82) is 0 Å². The van der Waals surface area contributed by atoms with Crippen LogP contribution in [0.15, 0.2) is 109 Å². The zero-order valence-electron chi connectivity index (χ0n) is 40.5. The molecule has 6 nitrogen and oxygen atoms in total. The van der Waals surface area contributed by atoms with Crippen LogP contribution in [0.3, 0.4) is 0 Å². The summed E-state index contributed by atoms with van der Waals surface area (Å²) in [5.74, 6) is -0.971. The van der Waals surface area contributed by atoms with Gasteiger partial charge in [-0.05, 0) is 83.5 Å². The lowest BCUT2D eigenvalue weighted by molar-refractivity contribution is -0.167. The van der Waals surface area contributed by atoms with Crippen LogP contribution < -0.4 is 0 Å². The van der Waals surface area contributed by atoms with E-state index in [4.69, 9.17) is 14.2 Å². The Morgan fingerprint density at radius 1 is 0.333 bits per heavy atom. The fourth-order valence-electron chi connectivity index (χ4n) is 6.58. The van der Waals surface area contributed by atoms with Crippen LogP contribution in [0.4, 0.5) is 0 Å². The molecule has 1 unspecified atom stereocenters. The lowest BCUT2D eigenvalue weighted by Crippen LogP contribution is -2.30. The first-order valence-corrected chi connectivity index (χ1v) is 25.5. The second-order valence-electron chi connectivity index (χ2n) is 16.5. The van der Waals surface area contributed by atoms with Crippen molar-refractivity contribution >= 4 is 17.9 Å². The molecule has 0 saturated heterocycles. The molecule has 0 radical (unpaired) electrons. The second kappa shape index (κ2) is 50.7. The molecule has 63 heavy (non-hydrogen) atoms. The number of esters is 3. The zero-order chi connectivity index (χ0) is 45.8. The molecule has 0 heterocycles. The normalized spacial score (nSPS) is 13.0. The average molecular weight is 873 g/mol. The molecule has 356 valence electrons. The first kappa shape index (κ1) is 59.1. The fourth-order valence-corrected chi connectivity index (χ4v) is 6.58. The quantitative estimate of drug-likeness (QED) is 0.0199. The highest BCUT2D eigenvalue weighted by Gasteiger charge is 2.19. The van der Waals surface area contributed by atoms with Crippen molar-refractivity contribution in [3.8, 4) is 0 Å². The Morgan fingerprint density at radius 2 is 0.667 bits per heavy atom. The minimum Gasteiger partial charge on any atom is -0.462 e. The molecule has 6 heteroatoms. The number of unbranched alkanes of at least 4 members (excludes halogenated alkanes) is 21. The predicted molar refractivity (Wildman–Crippen MR) is 270 cm³/mol. The lowest BCUT2D eigenvalue weighted by atomic mass is 10.1. The largest absolute Gasteiger partial charge is 0.462 e. The van der Waals surface area contributed by atoms with Crippen molar-refractivity contribution in [1.82, 2.24) is 0 Å². The first-order valence-electron chi connectivity index (χ1n) is 25.5. The number of carbonyl (C=O) groups excluding carboxylic acids is 3. The molecule has 0 amide bonds. The van der Waals surface area contributed by atoms with E-state index < -0.39 is 6.10 Å². The average Bonchev–Trinajstić information content (AvgIpc) is 3.28. The summed E-state index contributed by atoms with van der Waals surface area (Å²) in [6.45, 7) is 6.34. The van der Waals surface area contributed by atoms with E-state index >= 15 is 0 Å². The Hall–Kier alpha value is -3.93. The number of rotatable bonds is 44. The summed E-state index contributed by atoms with van der Waals surface area (Å²) in [4.78, 5) is 38.0. The maximum absolute atomic E-state index is 12.8. The van der Waals surface area contributed by atoms with Gasteiger partial charge in [-0.2, -0.15) is 0 Å². The third-order valence-corrected chi connectivity index (χ3v) is 10.4. The Balaban J connectivity index is 4.50. The van der Waals surface area contributed by atoms with E-state index in [2.05, 4.69) is 99.8 Å². The summed E-state index contributed by atoms with van der Waals surface area (Å²) < 4.78 is 16.7. The third-order valence-electron chi connectivity index (χ3n) is 10.4. The Bertz CT molecular complexity index is 1330. The molecule has 0 rings (SSSR count). The van der Waals surface area contributed by atoms with Crippen LogP contribution in [0, 0.1) is 0 Å². The van der Waals surface area contributed by atoms with Crippen LogP contribution in [0.5, 0.6) is 0 Å². The molecule has 0 fully saturated rings. The van der Waals surface area contributed by atoms with E-state index in [9.17, 15) is 14.4 Å². The lowest BCUT2D eigenvalue weighted by Gasteiger charge is -2.18. The highest BCUT2D eigenvalue weighted by molar-refractivity contribution is 5.71. The molecule has 0 aromatic heterocycles. The van der Waals surface area contributed by atoms with E-state index in [1.54, 1.807) is 0 Å². The molecule has 0 saturated carbocycles. The van der Waals surface area contributed by atoms with Crippen LogP contribution in [0.1, 0.15) is 213 Å². The molecule has 0 aliphatic carbocycles. The zero-order valence-corrected chi connectivity index (χ0v) is 40.5. The Morgan fingerprint density at radius 3 is 1.10 bits per heavy atom. The molecular formula is C57H92O6. The van der Waals surface area contributed by atoms with Gasteiger partial charge in [0.25, 0.3) is 0 Å². The molecule has 0 spiro atoms. The summed E-state index contributed by atoms with van der Waals surface area (Å²) in [5, 5.41) is 0. The summed E-state index contributed by atoms with van der Waals surface area (Å²) in [5.41, 5.74) is 0. The van der Waals surface area contributed by atoms with Gasteiger partial charge in [-0.1, -0.05) is 220 Å². The highest BCUT2D eigenvalue weighted by Crippen LogP contribution is 2.13. The number of carbonyl (C=O) groups is 3.